The molecule has 0 spiro atoms. The number of rotatable bonds is 3. The maximum Gasteiger partial charge on any atom is 0.201 e. The summed E-state index contributed by atoms with van der Waals surface area (Å²) < 4.78 is 17.8. The van der Waals surface area contributed by atoms with Crippen LogP contribution in [0.15, 0.2) is 30.6 Å². The van der Waals surface area contributed by atoms with Crippen LogP contribution in [0.4, 0.5) is 10.3 Å². The summed E-state index contributed by atoms with van der Waals surface area (Å²) in [5.74, 6) is 0.136. The molecule has 0 amide bonds. The van der Waals surface area contributed by atoms with Gasteiger partial charge >= 0.3 is 0 Å². The number of hydrogen-bond acceptors (Lipinski definition) is 3. The van der Waals surface area contributed by atoms with Gasteiger partial charge in [-0.05, 0) is 34.7 Å². The molecule has 0 aliphatic rings. The molecule has 0 saturated carbocycles. The van der Waals surface area contributed by atoms with Crippen LogP contribution in [0.3, 0.4) is 0 Å². The molecule has 0 aliphatic carbocycles. The van der Waals surface area contributed by atoms with Crippen LogP contribution in [-0.4, -0.2) is 19.3 Å². The highest BCUT2D eigenvalue weighted by Gasteiger charge is 2.11. The van der Waals surface area contributed by atoms with Crippen molar-refractivity contribution >= 4 is 39.6 Å². The number of anilines is 1. The van der Waals surface area contributed by atoms with E-state index in [1.807, 2.05) is 34.9 Å². The molecule has 7 heteroatoms. The van der Waals surface area contributed by atoms with E-state index < -0.39 is 0 Å². The van der Waals surface area contributed by atoms with Crippen molar-refractivity contribution in [2.45, 2.75) is 13.1 Å². The van der Waals surface area contributed by atoms with Crippen molar-refractivity contribution in [3.63, 3.8) is 0 Å². The van der Waals surface area contributed by atoms with E-state index in [4.69, 9.17) is 5.73 Å². The van der Waals surface area contributed by atoms with Crippen molar-refractivity contribution in [3.8, 4) is 0 Å². The fourth-order valence-corrected chi connectivity index (χ4v) is 2.46. The molecule has 0 atom stereocenters. The minimum atomic E-state index is -0.256. The van der Waals surface area contributed by atoms with Crippen LogP contribution in [0.2, 0.25) is 0 Å². The third-order valence-electron chi connectivity index (χ3n) is 2.93. The second kappa shape index (κ2) is 4.80. The zero-order valence-electron chi connectivity index (χ0n) is 9.92. The Morgan fingerprint density at radius 3 is 2.89 bits per heavy atom. The Morgan fingerprint density at radius 1 is 1.32 bits per heavy atom. The Bertz CT molecular complexity index is 719. The average molecular weight is 371 g/mol. The van der Waals surface area contributed by atoms with Gasteiger partial charge in [-0.2, -0.15) is 5.10 Å². The topological polar surface area (TPSA) is 61.7 Å². The maximum atomic E-state index is 13.6. The van der Waals surface area contributed by atoms with Gasteiger partial charge in [-0.25, -0.2) is 9.37 Å². The van der Waals surface area contributed by atoms with E-state index >= 15 is 0 Å². The van der Waals surface area contributed by atoms with E-state index in [1.54, 1.807) is 21.5 Å². The van der Waals surface area contributed by atoms with Gasteiger partial charge in [0.15, 0.2) is 0 Å². The third kappa shape index (κ3) is 2.29. The lowest BCUT2D eigenvalue weighted by molar-refractivity contribution is 0.544. The summed E-state index contributed by atoms with van der Waals surface area (Å²) in [7, 11) is 0. The Labute approximate surface area is 122 Å². The molecule has 1 aromatic carbocycles. The lowest BCUT2D eigenvalue weighted by Crippen LogP contribution is -2.10. The molecule has 2 heterocycles. The van der Waals surface area contributed by atoms with Crippen molar-refractivity contribution in [1.29, 1.82) is 0 Å². The van der Waals surface area contributed by atoms with Crippen molar-refractivity contribution in [3.05, 3.63) is 40.0 Å². The Hall–Kier alpha value is -1.64. The van der Waals surface area contributed by atoms with Crippen molar-refractivity contribution in [1.82, 2.24) is 19.3 Å². The van der Waals surface area contributed by atoms with Gasteiger partial charge in [-0.3, -0.25) is 4.68 Å². The molecular weight excluding hydrogens is 360 g/mol. The fourth-order valence-electron chi connectivity index (χ4n) is 2.01. The molecule has 2 N–H and O–H groups in total. The van der Waals surface area contributed by atoms with Crippen LogP contribution in [0.25, 0.3) is 11.0 Å². The molecular formula is C12H11FIN5. The molecule has 5 nitrogen and oxygen atoms in total. The van der Waals surface area contributed by atoms with Gasteiger partial charge in [0.2, 0.25) is 5.95 Å². The largest absolute Gasteiger partial charge is 0.369 e. The van der Waals surface area contributed by atoms with E-state index in [2.05, 4.69) is 10.1 Å². The minimum absolute atomic E-state index is 0.256. The van der Waals surface area contributed by atoms with Crippen molar-refractivity contribution < 1.29 is 4.39 Å². The molecule has 0 fully saturated rings. The third-order valence-corrected chi connectivity index (χ3v) is 3.76. The van der Waals surface area contributed by atoms with Gasteiger partial charge in [0.05, 0.1) is 21.1 Å². The highest BCUT2D eigenvalue weighted by molar-refractivity contribution is 14.1. The average Bonchev–Trinajstić information content (AvgIpc) is 2.96. The van der Waals surface area contributed by atoms with Crippen LogP contribution in [0.1, 0.15) is 0 Å². The minimum Gasteiger partial charge on any atom is -0.369 e. The predicted molar refractivity (Wildman–Crippen MR) is 79.0 cm³/mol. The second-order valence-corrected chi connectivity index (χ2v) is 5.31. The van der Waals surface area contributed by atoms with Crippen LogP contribution in [0, 0.1) is 9.39 Å². The van der Waals surface area contributed by atoms with Gasteiger partial charge in [0, 0.05) is 25.0 Å². The highest BCUT2D eigenvalue weighted by atomic mass is 127. The number of benzene rings is 1. The molecule has 0 saturated heterocycles. The first kappa shape index (κ1) is 12.4. The summed E-state index contributed by atoms with van der Waals surface area (Å²) in [6.07, 6.45) is 3.59. The van der Waals surface area contributed by atoms with Gasteiger partial charge in [0.25, 0.3) is 0 Å². The van der Waals surface area contributed by atoms with E-state index in [-0.39, 0.29) is 5.82 Å². The van der Waals surface area contributed by atoms with Gasteiger partial charge in [0.1, 0.15) is 5.82 Å². The summed E-state index contributed by atoms with van der Waals surface area (Å²) in [5, 5.41) is 4.12. The number of nitrogen functional groups attached to an aromatic ring is 1. The van der Waals surface area contributed by atoms with Gasteiger partial charge in [-0.1, -0.05) is 0 Å². The molecule has 0 unspecified atom stereocenters. The standard InChI is InChI=1S/C12H11FIN5/c13-8-6-11-10(7-9(8)14)17-12(15)19(11)5-4-18-3-1-2-16-18/h1-3,6-7H,4-5H2,(H2,15,17). The maximum absolute atomic E-state index is 13.6. The molecule has 3 aromatic rings. The number of halogens is 2. The van der Waals surface area contributed by atoms with Crippen LogP contribution >= 0.6 is 22.6 Å². The number of fused-ring (bicyclic) bond motifs is 1. The first-order valence-corrected chi connectivity index (χ1v) is 6.81. The monoisotopic (exact) mass is 371 g/mol. The predicted octanol–water partition coefficient (Wildman–Crippen LogP) is 2.26. The number of hydrogen-bond donors (Lipinski definition) is 1. The van der Waals surface area contributed by atoms with Gasteiger partial charge < -0.3 is 10.3 Å². The van der Waals surface area contributed by atoms with E-state index in [0.29, 0.717) is 33.6 Å². The van der Waals surface area contributed by atoms with E-state index in [1.165, 1.54) is 6.07 Å². The zero-order chi connectivity index (χ0) is 13.4. The Kier molecular flexibility index (Phi) is 3.13. The van der Waals surface area contributed by atoms with Crippen molar-refractivity contribution in [2.75, 3.05) is 5.73 Å². The normalized spacial score (nSPS) is 11.3. The summed E-state index contributed by atoms with van der Waals surface area (Å²) in [4.78, 5) is 4.25. The number of aryl methyl sites for hydroxylation is 2. The SMILES string of the molecule is Nc1nc2cc(I)c(F)cc2n1CCn1cccn1. The number of aromatic nitrogens is 4. The number of nitrogens with two attached hydrogens (primary N) is 1. The fraction of sp³-hybridized carbons (Fsp3) is 0.167. The van der Waals surface area contributed by atoms with E-state index in [9.17, 15) is 4.39 Å². The molecule has 0 radical (unpaired) electrons. The molecule has 2 aromatic heterocycles. The van der Waals surface area contributed by atoms with Crippen LogP contribution in [0.5, 0.6) is 0 Å². The number of imidazole rings is 1. The molecule has 0 aliphatic heterocycles. The van der Waals surface area contributed by atoms with Gasteiger partial charge in [-0.15, -0.1) is 0 Å². The van der Waals surface area contributed by atoms with Crippen LogP contribution < -0.4 is 5.73 Å². The highest BCUT2D eigenvalue weighted by Crippen LogP contribution is 2.22. The Balaban J connectivity index is 1.98. The number of nitrogens with zero attached hydrogens (tertiary/aromatic N) is 4. The lowest BCUT2D eigenvalue weighted by atomic mass is 10.3. The summed E-state index contributed by atoms with van der Waals surface area (Å²) in [6.45, 7) is 1.26. The molecule has 0 bridgehead atoms. The molecule has 3 rings (SSSR count). The first-order valence-electron chi connectivity index (χ1n) is 5.73. The Morgan fingerprint density at radius 2 is 2.16 bits per heavy atom. The lowest BCUT2D eigenvalue weighted by Gasteiger charge is -2.07. The second-order valence-electron chi connectivity index (χ2n) is 4.15. The van der Waals surface area contributed by atoms with Crippen molar-refractivity contribution in [2.24, 2.45) is 0 Å². The van der Waals surface area contributed by atoms with Crippen LogP contribution in [-0.2, 0) is 13.1 Å². The summed E-state index contributed by atoms with van der Waals surface area (Å²) in [5.41, 5.74) is 7.31. The summed E-state index contributed by atoms with van der Waals surface area (Å²) >= 11 is 1.94. The molecule has 98 valence electrons. The van der Waals surface area contributed by atoms with E-state index in [0.717, 1.165) is 0 Å². The zero-order valence-corrected chi connectivity index (χ0v) is 12.1. The smallest absolute Gasteiger partial charge is 0.201 e. The summed E-state index contributed by atoms with van der Waals surface area (Å²) in [6, 6.07) is 5.03. The quantitative estimate of drug-likeness (QED) is 0.719. The first-order chi connectivity index (χ1) is 9.15. The molecule has 19 heavy (non-hydrogen) atoms.